The smallest absolute Gasteiger partial charge is 0.0437 e. The van der Waals surface area contributed by atoms with Gasteiger partial charge in [0.1, 0.15) is 0 Å². The lowest BCUT2D eigenvalue weighted by Crippen LogP contribution is -1.83. The molecule has 0 bridgehead atoms. The molecule has 2 atom stereocenters. The van der Waals surface area contributed by atoms with Crippen molar-refractivity contribution >= 4 is 0 Å². The Kier molecular flexibility index (Phi) is 1.23. The first-order valence-corrected chi connectivity index (χ1v) is 3.79. The van der Waals surface area contributed by atoms with Gasteiger partial charge in [-0.3, -0.25) is 4.98 Å². The molecular weight excluding hydrogens is 122 g/mol. The normalized spacial score (nSPS) is 30.1. The molecule has 0 aliphatic heterocycles. The van der Waals surface area contributed by atoms with Crippen LogP contribution in [0, 0.1) is 5.92 Å². The van der Waals surface area contributed by atoms with Gasteiger partial charge in [-0.1, -0.05) is 13.0 Å². The zero-order valence-corrected chi connectivity index (χ0v) is 6.12. The Morgan fingerprint density at radius 2 is 2.30 bits per heavy atom. The molecule has 0 amide bonds. The Morgan fingerprint density at radius 1 is 1.50 bits per heavy atom. The Labute approximate surface area is 61.1 Å². The van der Waals surface area contributed by atoms with Gasteiger partial charge < -0.3 is 0 Å². The molecule has 0 aromatic carbocycles. The average Bonchev–Trinajstić information content (AvgIpc) is 2.69. The highest BCUT2D eigenvalue weighted by molar-refractivity contribution is 5.16. The fourth-order valence-corrected chi connectivity index (χ4v) is 1.33. The maximum absolute atomic E-state index is 4.29. The van der Waals surface area contributed by atoms with E-state index in [1.165, 1.54) is 12.1 Å². The molecule has 1 saturated carbocycles. The maximum Gasteiger partial charge on any atom is 0.0437 e. The predicted molar refractivity (Wildman–Crippen MR) is 40.8 cm³/mol. The van der Waals surface area contributed by atoms with Gasteiger partial charge in [-0.25, -0.2) is 0 Å². The Hall–Kier alpha value is -0.850. The zero-order chi connectivity index (χ0) is 6.97. The summed E-state index contributed by atoms with van der Waals surface area (Å²) >= 11 is 0. The van der Waals surface area contributed by atoms with Crippen LogP contribution in [0.25, 0.3) is 0 Å². The summed E-state index contributed by atoms with van der Waals surface area (Å²) in [6.07, 6.45) is 3.21. The lowest BCUT2D eigenvalue weighted by molar-refractivity contribution is 0.885. The highest BCUT2D eigenvalue weighted by atomic mass is 14.7. The molecule has 2 rings (SSSR count). The van der Waals surface area contributed by atoms with Crippen molar-refractivity contribution in [2.45, 2.75) is 19.3 Å². The van der Waals surface area contributed by atoms with E-state index in [9.17, 15) is 0 Å². The summed E-state index contributed by atoms with van der Waals surface area (Å²) in [5.74, 6) is 1.64. The number of hydrogen-bond donors (Lipinski definition) is 0. The summed E-state index contributed by atoms with van der Waals surface area (Å²) in [4.78, 5) is 4.29. The summed E-state index contributed by atoms with van der Waals surface area (Å²) in [6.45, 7) is 2.28. The molecule has 0 radical (unpaired) electrons. The van der Waals surface area contributed by atoms with Crippen LogP contribution in [0.5, 0.6) is 0 Å². The molecule has 1 aliphatic rings. The third-order valence-corrected chi connectivity index (χ3v) is 2.18. The zero-order valence-electron chi connectivity index (χ0n) is 6.12. The molecule has 1 heterocycles. The van der Waals surface area contributed by atoms with Gasteiger partial charge in [0.25, 0.3) is 0 Å². The molecule has 10 heavy (non-hydrogen) atoms. The largest absolute Gasteiger partial charge is 0.261 e. The molecule has 1 nitrogen and oxygen atoms in total. The van der Waals surface area contributed by atoms with Crippen LogP contribution in [-0.2, 0) is 0 Å². The fourth-order valence-electron chi connectivity index (χ4n) is 1.33. The summed E-state index contributed by atoms with van der Waals surface area (Å²) in [7, 11) is 0. The van der Waals surface area contributed by atoms with E-state index in [4.69, 9.17) is 0 Å². The minimum Gasteiger partial charge on any atom is -0.261 e. The minimum atomic E-state index is 0.765. The van der Waals surface area contributed by atoms with Gasteiger partial charge in [-0.2, -0.15) is 0 Å². The molecule has 0 N–H and O–H groups in total. The van der Waals surface area contributed by atoms with Crippen molar-refractivity contribution in [2.75, 3.05) is 0 Å². The van der Waals surface area contributed by atoms with Crippen LogP contribution >= 0.6 is 0 Å². The Morgan fingerprint density at radius 3 is 2.80 bits per heavy atom. The van der Waals surface area contributed by atoms with Gasteiger partial charge in [0.05, 0.1) is 0 Å². The SMILES string of the molecule is C[C@H]1C[C@@H]1c1ccccn1. The molecule has 1 fully saturated rings. The topological polar surface area (TPSA) is 12.9 Å². The molecule has 1 aromatic heterocycles. The maximum atomic E-state index is 4.29. The van der Waals surface area contributed by atoms with Crippen LogP contribution in [0.2, 0.25) is 0 Å². The molecule has 1 aliphatic carbocycles. The van der Waals surface area contributed by atoms with Gasteiger partial charge in [0.2, 0.25) is 0 Å². The molecule has 52 valence electrons. The number of pyridine rings is 1. The van der Waals surface area contributed by atoms with Crippen molar-refractivity contribution in [3.8, 4) is 0 Å². The summed E-state index contributed by atoms with van der Waals surface area (Å²) in [6, 6.07) is 6.15. The monoisotopic (exact) mass is 133 g/mol. The van der Waals surface area contributed by atoms with Crippen LogP contribution < -0.4 is 0 Å². The van der Waals surface area contributed by atoms with Gasteiger partial charge in [0.15, 0.2) is 0 Å². The van der Waals surface area contributed by atoms with Crippen LogP contribution in [0.4, 0.5) is 0 Å². The second-order valence-electron chi connectivity index (χ2n) is 3.07. The summed E-state index contributed by atoms with van der Waals surface area (Å²) in [5.41, 5.74) is 1.27. The second kappa shape index (κ2) is 2.08. The van der Waals surface area contributed by atoms with E-state index in [2.05, 4.69) is 24.0 Å². The van der Waals surface area contributed by atoms with E-state index in [0.29, 0.717) is 0 Å². The molecule has 0 unspecified atom stereocenters. The average molecular weight is 133 g/mol. The van der Waals surface area contributed by atoms with Gasteiger partial charge >= 0.3 is 0 Å². The van der Waals surface area contributed by atoms with Crippen molar-refractivity contribution in [3.05, 3.63) is 30.1 Å². The van der Waals surface area contributed by atoms with E-state index < -0.39 is 0 Å². The number of nitrogens with zero attached hydrogens (tertiary/aromatic N) is 1. The first-order chi connectivity index (χ1) is 4.88. The van der Waals surface area contributed by atoms with Gasteiger partial charge in [0, 0.05) is 17.8 Å². The number of rotatable bonds is 1. The quantitative estimate of drug-likeness (QED) is 0.572. The standard InChI is InChI=1S/C9H11N/c1-7-6-8(7)9-4-2-3-5-10-9/h2-5,7-8H,6H2,1H3/t7-,8-/m0/s1. The van der Waals surface area contributed by atoms with E-state index in [-0.39, 0.29) is 0 Å². The van der Waals surface area contributed by atoms with E-state index in [1.807, 2.05) is 12.3 Å². The lowest BCUT2D eigenvalue weighted by atomic mass is 10.2. The van der Waals surface area contributed by atoms with Crippen LogP contribution in [0.3, 0.4) is 0 Å². The first kappa shape index (κ1) is 5.90. The van der Waals surface area contributed by atoms with E-state index in [1.54, 1.807) is 0 Å². The fraction of sp³-hybridized carbons (Fsp3) is 0.444. The van der Waals surface area contributed by atoms with Crippen molar-refractivity contribution in [1.29, 1.82) is 0 Å². The summed E-state index contributed by atoms with van der Waals surface area (Å²) in [5, 5.41) is 0. The Balaban J connectivity index is 2.20. The van der Waals surface area contributed by atoms with Gasteiger partial charge in [-0.15, -0.1) is 0 Å². The number of hydrogen-bond acceptors (Lipinski definition) is 1. The minimum absolute atomic E-state index is 0.765. The van der Waals surface area contributed by atoms with Crippen LogP contribution in [0.15, 0.2) is 24.4 Å². The van der Waals surface area contributed by atoms with Crippen molar-refractivity contribution < 1.29 is 0 Å². The lowest BCUT2D eigenvalue weighted by Gasteiger charge is -1.93. The summed E-state index contributed by atoms with van der Waals surface area (Å²) < 4.78 is 0. The first-order valence-electron chi connectivity index (χ1n) is 3.79. The number of aromatic nitrogens is 1. The third-order valence-electron chi connectivity index (χ3n) is 2.18. The van der Waals surface area contributed by atoms with Crippen molar-refractivity contribution in [1.82, 2.24) is 4.98 Å². The Bertz CT molecular complexity index is 217. The van der Waals surface area contributed by atoms with Crippen molar-refractivity contribution in [3.63, 3.8) is 0 Å². The van der Waals surface area contributed by atoms with Gasteiger partial charge in [-0.05, 0) is 24.5 Å². The highest BCUT2D eigenvalue weighted by Crippen LogP contribution is 2.45. The van der Waals surface area contributed by atoms with Crippen molar-refractivity contribution in [2.24, 2.45) is 5.92 Å². The molecular formula is C9H11N. The molecule has 1 aromatic rings. The molecule has 0 spiro atoms. The van der Waals surface area contributed by atoms with Crippen LogP contribution in [0.1, 0.15) is 25.0 Å². The van der Waals surface area contributed by atoms with Crippen LogP contribution in [-0.4, -0.2) is 4.98 Å². The second-order valence-corrected chi connectivity index (χ2v) is 3.07. The molecule has 0 saturated heterocycles. The molecule has 1 heteroatoms. The third kappa shape index (κ3) is 0.919. The predicted octanol–water partition coefficient (Wildman–Crippen LogP) is 2.21. The highest BCUT2D eigenvalue weighted by Gasteiger charge is 2.34. The van der Waals surface area contributed by atoms with E-state index in [0.717, 1.165) is 11.8 Å². The van der Waals surface area contributed by atoms with E-state index >= 15 is 0 Å².